The van der Waals surface area contributed by atoms with Crippen molar-refractivity contribution in [3.63, 3.8) is 0 Å². The molecule has 2 aromatic rings. The number of hydrogen-bond donors (Lipinski definition) is 1. The van der Waals surface area contributed by atoms with E-state index in [0.29, 0.717) is 29.2 Å². The molecule has 0 aromatic heterocycles. The summed E-state index contributed by atoms with van der Waals surface area (Å²) in [7, 11) is -3.59. The molecule has 9 heteroatoms. The van der Waals surface area contributed by atoms with Crippen molar-refractivity contribution in [1.82, 2.24) is 10.2 Å². The Hall–Kier alpha value is -2.58. The Morgan fingerprint density at radius 3 is 2.33 bits per heavy atom. The Bertz CT molecular complexity index is 1170. The second-order valence-corrected chi connectivity index (χ2v) is 11.6. The van der Waals surface area contributed by atoms with E-state index in [9.17, 15) is 18.0 Å². The van der Waals surface area contributed by atoms with E-state index in [1.54, 1.807) is 36.9 Å². The zero-order chi connectivity index (χ0) is 27.0. The lowest BCUT2D eigenvalue weighted by molar-refractivity contribution is -0.140. The molecule has 0 fully saturated rings. The third kappa shape index (κ3) is 7.96. The van der Waals surface area contributed by atoms with Gasteiger partial charge in [0.25, 0.3) is 0 Å². The molecular formula is C27H38ClN3O4S. The molecular weight excluding hydrogens is 498 g/mol. The number of anilines is 1. The van der Waals surface area contributed by atoms with Crippen LogP contribution in [0.3, 0.4) is 0 Å². The highest BCUT2D eigenvalue weighted by Crippen LogP contribution is 2.28. The van der Waals surface area contributed by atoms with Crippen LogP contribution in [-0.2, 0) is 26.2 Å². The molecule has 0 aliphatic carbocycles. The summed E-state index contributed by atoms with van der Waals surface area (Å²) in [4.78, 5) is 27.9. The van der Waals surface area contributed by atoms with Gasteiger partial charge < -0.3 is 10.2 Å². The molecule has 0 saturated carbocycles. The minimum atomic E-state index is -3.59. The van der Waals surface area contributed by atoms with Crippen molar-refractivity contribution >= 4 is 39.1 Å². The van der Waals surface area contributed by atoms with Crippen LogP contribution in [0, 0.1) is 13.8 Å². The average molecular weight is 536 g/mol. The summed E-state index contributed by atoms with van der Waals surface area (Å²) < 4.78 is 26.4. The van der Waals surface area contributed by atoms with Gasteiger partial charge in [0.2, 0.25) is 21.8 Å². The summed E-state index contributed by atoms with van der Waals surface area (Å²) in [5.74, 6) is -0.417. The lowest BCUT2D eigenvalue weighted by Crippen LogP contribution is -2.49. The van der Waals surface area contributed by atoms with Crippen LogP contribution in [-0.4, -0.2) is 50.0 Å². The zero-order valence-electron chi connectivity index (χ0n) is 22.0. The van der Waals surface area contributed by atoms with Crippen LogP contribution in [0.4, 0.5) is 5.69 Å². The number of hydrogen-bond acceptors (Lipinski definition) is 4. The number of halogens is 1. The fourth-order valence-corrected chi connectivity index (χ4v) is 5.05. The number of carbonyl (C=O) groups is 2. The molecule has 0 aliphatic heterocycles. The van der Waals surface area contributed by atoms with Crippen LogP contribution >= 0.6 is 11.6 Å². The molecule has 0 heterocycles. The predicted octanol–water partition coefficient (Wildman–Crippen LogP) is 4.84. The van der Waals surface area contributed by atoms with Crippen LogP contribution in [0.25, 0.3) is 0 Å². The monoisotopic (exact) mass is 535 g/mol. The Morgan fingerprint density at radius 1 is 1.06 bits per heavy atom. The molecule has 198 valence electrons. The average Bonchev–Trinajstić information content (AvgIpc) is 2.82. The van der Waals surface area contributed by atoms with Gasteiger partial charge in [-0.25, -0.2) is 8.42 Å². The lowest BCUT2D eigenvalue weighted by atomic mass is 10.1. The van der Waals surface area contributed by atoms with Gasteiger partial charge in [-0.15, -0.1) is 0 Å². The molecule has 0 saturated heterocycles. The molecule has 0 bridgehead atoms. The molecule has 2 amide bonds. The summed E-state index contributed by atoms with van der Waals surface area (Å²) in [6.45, 7) is 9.80. The van der Waals surface area contributed by atoms with E-state index < -0.39 is 16.1 Å². The Labute approximate surface area is 220 Å². The maximum atomic E-state index is 13.4. The molecule has 0 spiro atoms. The first-order chi connectivity index (χ1) is 16.9. The Morgan fingerprint density at radius 2 is 1.72 bits per heavy atom. The Balaban J connectivity index is 2.22. The highest BCUT2D eigenvalue weighted by molar-refractivity contribution is 7.92. The van der Waals surface area contributed by atoms with Crippen LogP contribution in [0.1, 0.15) is 56.7 Å². The van der Waals surface area contributed by atoms with E-state index in [-0.39, 0.29) is 30.8 Å². The van der Waals surface area contributed by atoms with Gasteiger partial charge in [0, 0.05) is 30.6 Å². The lowest BCUT2D eigenvalue weighted by Gasteiger charge is -2.30. The smallest absolute Gasteiger partial charge is 0.242 e. The number of sulfonamides is 1. The van der Waals surface area contributed by atoms with Crippen LogP contribution < -0.4 is 9.62 Å². The van der Waals surface area contributed by atoms with Gasteiger partial charge in [-0.1, -0.05) is 48.9 Å². The molecule has 2 aromatic carbocycles. The number of nitrogens with zero attached hydrogens (tertiary/aromatic N) is 2. The van der Waals surface area contributed by atoms with Crippen LogP contribution in [0.5, 0.6) is 0 Å². The minimum Gasteiger partial charge on any atom is -0.352 e. The third-order valence-corrected chi connectivity index (χ3v) is 8.02. The van der Waals surface area contributed by atoms with Crippen LogP contribution in [0.15, 0.2) is 42.5 Å². The number of rotatable bonds is 12. The molecule has 2 rings (SSSR count). The number of aryl methyl sites for hydroxylation is 1. The van der Waals surface area contributed by atoms with Gasteiger partial charge in [-0.3, -0.25) is 13.9 Å². The summed E-state index contributed by atoms with van der Waals surface area (Å²) in [6, 6.07) is 12.2. The molecule has 36 heavy (non-hydrogen) atoms. The molecule has 1 N–H and O–H groups in total. The number of benzene rings is 2. The molecule has 0 unspecified atom stereocenters. The largest absolute Gasteiger partial charge is 0.352 e. The van der Waals surface area contributed by atoms with E-state index in [4.69, 9.17) is 11.6 Å². The minimum absolute atomic E-state index is 0.000353. The quantitative estimate of drug-likeness (QED) is 0.421. The van der Waals surface area contributed by atoms with Crippen molar-refractivity contribution in [2.24, 2.45) is 0 Å². The maximum absolute atomic E-state index is 13.4. The summed E-state index contributed by atoms with van der Waals surface area (Å²) in [5.41, 5.74) is 3.15. The van der Waals surface area contributed by atoms with Crippen molar-refractivity contribution in [2.75, 3.05) is 17.1 Å². The first-order valence-corrected chi connectivity index (χ1v) is 14.5. The summed E-state index contributed by atoms with van der Waals surface area (Å²) in [6.07, 6.45) is 2.32. The van der Waals surface area contributed by atoms with Crippen molar-refractivity contribution < 1.29 is 18.0 Å². The van der Waals surface area contributed by atoms with E-state index >= 15 is 0 Å². The molecule has 0 aliphatic rings. The Kier molecular flexibility index (Phi) is 10.8. The normalized spacial score (nSPS) is 13.1. The van der Waals surface area contributed by atoms with Gasteiger partial charge in [-0.05, 0) is 69.4 Å². The summed E-state index contributed by atoms with van der Waals surface area (Å²) in [5, 5.41) is 3.43. The van der Waals surface area contributed by atoms with Crippen molar-refractivity contribution in [3.8, 4) is 0 Å². The maximum Gasteiger partial charge on any atom is 0.242 e. The van der Waals surface area contributed by atoms with E-state index in [1.165, 1.54) is 4.31 Å². The second-order valence-electron chi connectivity index (χ2n) is 9.26. The zero-order valence-corrected chi connectivity index (χ0v) is 23.6. The fourth-order valence-electron chi connectivity index (χ4n) is 3.87. The summed E-state index contributed by atoms with van der Waals surface area (Å²) >= 11 is 6.21. The van der Waals surface area contributed by atoms with Gasteiger partial charge in [0.05, 0.1) is 11.9 Å². The number of nitrogens with one attached hydrogen (secondary N) is 1. The molecule has 7 nitrogen and oxygen atoms in total. The first-order valence-electron chi connectivity index (χ1n) is 12.2. The van der Waals surface area contributed by atoms with Crippen molar-refractivity contribution in [1.29, 1.82) is 0 Å². The number of amides is 2. The van der Waals surface area contributed by atoms with E-state index in [2.05, 4.69) is 5.32 Å². The molecule has 0 radical (unpaired) electrons. The third-order valence-electron chi connectivity index (χ3n) is 6.43. The predicted molar refractivity (Wildman–Crippen MR) is 147 cm³/mol. The van der Waals surface area contributed by atoms with Gasteiger partial charge in [-0.2, -0.15) is 0 Å². The standard InChI is InChI=1S/C27H38ClN3O4S/c1-7-20(3)29-27(33)22(5)30(18-23-13-9-8-12-19(23)2)26(32)16-11-17-31(36(6,34)35)25-15-10-14-24(28)21(25)4/h8-10,12-15,20,22H,7,11,16-18H2,1-6H3,(H,29,33)/t20-,22-/m0/s1. The first kappa shape index (κ1) is 29.6. The van der Waals surface area contributed by atoms with Crippen molar-refractivity contribution in [2.45, 2.75) is 72.5 Å². The van der Waals surface area contributed by atoms with Crippen LogP contribution in [0.2, 0.25) is 5.02 Å². The highest BCUT2D eigenvalue weighted by atomic mass is 35.5. The van der Waals surface area contributed by atoms with Gasteiger partial charge in [0.15, 0.2) is 0 Å². The highest BCUT2D eigenvalue weighted by Gasteiger charge is 2.28. The second kappa shape index (κ2) is 13.1. The van der Waals surface area contributed by atoms with Gasteiger partial charge >= 0.3 is 0 Å². The van der Waals surface area contributed by atoms with Gasteiger partial charge in [0.1, 0.15) is 6.04 Å². The van der Waals surface area contributed by atoms with E-state index in [0.717, 1.165) is 23.8 Å². The topological polar surface area (TPSA) is 86.8 Å². The molecule has 2 atom stereocenters. The SMILES string of the molecule is CC[C@H](C)NC(=O)[C@H](C)N(Cc1ccccc1C)C(=O)CCCN(c1cccc(Cl)c1C)S(C)(=O)=O. The fraction of sp³-hybridized carbons (Fsp3) is 0.481. The van der Waals surface area contributed by atoms with E-state index in [1.807, 2.05) is 45.0 Å². The number of carbonyl (C=O) groups excluding carboxylic acids is 2. The van der Waals surface area contributed by atoms with Crippen molar-refractivity contribution in [3.05, 3.63) is 64.2 Å².